The Labute approximate surface area is 112 Å². The third-order valence-electron chi connectivity index (χ3n) is 3.62. The van der Waals surface area contributed by atoms with Gasteiger partial charge in [0.05, 0.1) is 11.5 Å². The molecule has 2 rings (SSSR count). The third-order valence-corrected chi connectivity index (χ3v) is 4.33. The second kappa shape index (κ2) is 5.29. The van der Waals surface area contributed by atoms with E-state index in [1.165, 1.54) is 6.42 Å². The van der Waals surface area contributed by atoms with Crippen LogP contribution in [0, 0.1) is 16.7 Å². The molecule has 1 aliphatic carbocycles. The lowest BCUT2D eigenvalue weighted by molar-refractivity contribution is 0.266. The van der Waals surface area contributed by atoms with E-state index < -0.39 is 0 Å². The standard InChI is InChI=1S/C14H15Cl2N/c15-12-5-4-6-13(16)11(12)9-14(10-17)7-2-1-3-8-14/h4-6H,1-3,7-9H2. The molecule has 0 heterocycles. The number of rotatable bonds is 2. The molecule has 1 fully saturated rings. The largest absolute Gasteiger partial charge is 0.198 e. The fourth-order valence-corrected chi connectivity index (χ4v) is 3.13. The minimum absolute atomic E-state index is 0.257. The molecule has 1 nitrogen and oxygen atoms in total. The van der Waals surface area contributed by atoms with Crippen molar-refractivity contribution in [1.29, 1.82) is 5.26 Å². The SMILES string of the molecule is N#CC1(Cc2c(Cl)cccc2Cl)CCCCC1. The maximum atomic E-state index is 9.45. The molecule has 0 spiro atoms. The van der Waals surface area contributed by atoms with Gasteiger partial charge in [0.2, 0.25) is 0 Å². The lowest BCUT2D eigenvalue weighted by Gasteiger charge is -2.31. The predicted molar refractivity (Wildman–Crippen MR) is 71.3 cm³/mol. The highest BCUT2D eigenvalue weighted by atomic mass is 35.5. The molecule has 1 aliphatic rings. The molecule has 0 bridgehead atoms. The molecule has 0 N–H and O–H groups in total. The topological polar surface area (TPSA) is 23.8 Å². The molecule has 0 radical (unpaired) electrons. The second-order valence-corrected chi connectivity index (χ2v) is 5.64. The first-order valence-electron chi connectivity index (χ1n) is 6.01. The Bertz CT molecular complexity index is 422. The molecule has 3 heteroatoms. The van der Waals surface area contributed by atoms with E-state index >= 15 is 0 Å². The van der Waals surface area contributed by atoms with Gasteiger partial charge in [0, 0.05) is 10.0 Å². The van der Waals surface area contributed by atoms with Crippen LogP contribution in [0.5, 0.6) is 0 Å². The molecule has 17 heavy (non-hydrogen) atoms. The van der Waals surface area contributed by atoms with Gasteiger partial charge in [-0.1, -0.05) is 48.5 Å². The molecule has 0 unspecified atom stereocenters. The lowest BCUT2D eigenvalue weighted by Crippen LogP contribution is -2.25. The van der Waals surface area contributed by atoms with Crippen molar-refractivity contribution in [3.8, 4) is 6.07 Å². The quantitative estimate of drug-likeness (QED) is 0.739. The highest BCUT2D eigenvalue weighted by Crippen LogP contribution is 2.41. The summed E-state index contributed by atoms with van der Waals surface area (Å²) >= 11 is 12.3. The first-order valence-corrected chi connectivity index (χ1v) is 6.77. The van der Waals surface area contributed by atoms with Crippen LogP contribution in [0.15, 0.2) is 18.2 Å². The van der Waals surface area contributed by atoms with Gasteiger partial charge in [0.25, 0.3) is 0 Å². The number of benzene rings is 1. The van der Waals surface area contributed by atoms with Gasteiger partial charge < -0.3 is 0 Å². The maximum absolute atomic E-state index is 9.45. The molecule has 0 amide bonds. The van der Waals surface area contributed by atoms with Gasteiger partial charge in [-0.05, 0) is 37.0 Å². The van der Waals surface area contributed by atoms with Crippen LogP contribution in [-0.4, -0.2) is 0 Å². The fourth-order valence-electron chi connectivity index (χ4n) is 2.60. The molecule has 0 saturated heterocycles. The summed E-state index contributed by atoms with van der Waals surface area (Å²) < 4.78 is 0. The van der Waals surface area contributed by atoms with Gasteiger partial charge >= 0.3 is 0 Å². The van der Waals surface area contributed by atoms with Crippen LogP contribution in [0.3, 0.4) is 0 Å². The summed E-state index contributed by atoms with van der Waals surface area (Å²) in [5, 5.41) is 10.8. The number of halogens is 2. The van der Waals surface area contributed by atoms with E-state index in [-0.39, 0.29) is 5.41 Å². The minimum Gasteiger partial charge on any atom is -0.198 e. The molecular formula is C14H15Cl2N. The van der Waals surface area contributed by atoms with Crippen molar-refractivity contribution in [2.75, 3.05) is 0 Å². The van der Waals surface area contributed by atoms with E-state index in [9.17, 15) is 5.26 Å². The Hall–Kier alpha value is -0.710. The van der Waals surface area contributed by atoms with Gasteiger partial charge in [-0.3, -0.25) is 0 Å². The monoisotopic (exact) mass is 267 g/mol. The summed E-state index contributed by atoms with van der Waals surface area (Å²) in [4.78, 5) is 0. The Morgan fingerprint density at radius 1 is 1.12 bits per heavy atom. The summed E-state index contributed by atoms with van der Waals surface area (Å²) in [6.07, 6.45) is 6.11. The van der Waals surface area contributed by atoms with Crippen LogP contribution in [0.25, 0.3) is 0 Å². The summed E-state index contributed by atoms with van der Waals surface area (Å²) in [5.41, 5.74) is 0.673. The summed E-state index contributed by atoms with van der Waals surface area (Å²) in [6.45, 7) is 0. The van der Waals surface area contributed by atoms with E-state index in [2.05, 4.69) is 6.07 Å². The Balaban J connectivity index is 2.27. The van der Waals surface area contributed by atoms with Crippen molar-refractivity contribution in [2.24, 2.45) is 5.41 Å². The van der Waals surface area contributed by atoms with Crippen molar-refractivity contribution in [3.63, 3.8) is 0 Å². The van der Waals surface area contributed by atoms with Crippen LogP contribution in [0.4, 0.5) is 0 Å². The van der Waals surface area contributed by atoms with Gasteiger partial charge in [-0.25, -0.2) is 0 Å². The number of nitriles is 1. The summed E-state index contributed by atoms with van der Waals surface area (Å²) in [5.74, 6) is 0. The summed E-state index contributed by atoms with van der Waals surface area (Å²) in [6, 6.07) is 8.03. The zero-order valence-electron chi connectivity index (χ0n) is 9.68. The first kappa shape index (κ1) is 12.7. The molecule has 0 atom stereocenters. The van der Waals surface area contributed by atoms with Crippen molar-refractivity contribution in [1.82, 2.24) is 0 Å². The van der Waals surface area contributed by atoms with Crippen molar-refractivity contribution >= 4 is 23.2 Å². The van der Waals surface area contributed by atoms with Crippen LogP contribution < -0.4 is 0 Å². The zero-order valence-corrected chi connectivity index (χ0v) is 11.2. The average Bonchev–Trinajstić information content (AvgIpc) is 2.35. The molecule has 1 aromatic carbocycles. The Kier molecular flexibility index (Phi) is 3.97. The first-order chi connectivity index (χ1) is 8.17. The molecule has 90 valence electrons. The van der Waals surface area contributed by atoms with E-state index in [0.717, 1.165) is 31.2 Å². The van der Waals surface area contributed by atoms with E-state index in [0.29, 0.717) is 16.5 Å². The highest BCUT2D eigenvalue weighted by molar-refractivity contribution is 6.36. The van der Waals surface area contributed by atoms with Gasteiger partial charge in [0.15, 0.2) is 0 Å². The van der Waals surface area contributed by atoms with E-state index in [4.69, 9.17) is 23.2 Å². The average molecular weight is 268 g/mol. The van der Waals surface area contributed by atoms with Gasteiger partial charge in [-0.2, -0.15) is 5.26 Å². The van der Waals surface area contributed by atoms with Gasteiger partial charge in [0.1, 0.15) is 0 Å². The molecule has 0 aliphatic heterocycles. The Morgan fingerprint density at radius 2 is 1.71 bits per heavy atom. The highest BCUT2D eigenvalue weighted by Gasteiger charge is 2.33. The van der Waals surface area contributed by atoms with Crippen LogP contribution in [0.2, 0.25) is 10.0 Å². The molecular weight excluding hydrogens is 253 g/mol. The number of hydrogen-bond acceptors (Lipinski definition) is 1. The van der Waals surface area contributed by atoms with Crippen molar-refractivity contribution in [2.45, 2.75) is 38.5 Å². The molecule has 1 saturated carbocycles. The van der Waals surface area contributed by atoms with Crippen LogP contribution in [-0.2, 0) is 6.42 Å². The minimum atomic E-state index is -0.257. The Morgan fingerprint density at radius 3 is 2.24 bits per heavy atom. The predicted octanol–water partition coefficient (Wildman–Crippen LogP) is 5.01. The second-order valence-electron chi connectivity index (χ2n) is 4.83. The fraction of sp³-hybridized carbons (Fsp3) is 0.500. The maximum Gasteiger partial charge on any atom is 0.0693 e. The van der Waals surface area contributed by atoms with Crippen molar-refractivity contribution in [3.05, 3.63) is 33.8 Å². The summed E-state index contributed by atoms with van der Waals surface area (Å²) in [7, 11) is 0. The third kappa shape index (κ3) is 2.76. The normalized spacial score (nSPS) is 18.6. The van der Waals surface area contributed by atoms with Gasteiger partial charge in [-0.15, -0.1) is 0 Å². The number of nitrogens with zero attached hydrogens (tertiary/aromatic N) is 1. The molecule has 1 aromatic rings. The van der Waals surface area contributed by atoms with E-state index in [1.807, 2.05) is 18.2 Å². The molecule has 0 aromatic heterocycles. The van der Waals surface area contributed by atoms with Crippen LogP contribution >= 0.6 is 23.2 Å². The van der Waals surface area contributed by atoms with Crippen LogP contribution in [0.1, 0.15) is 37.7 Å². The zero-order chi connectivity index (χ0) is 12.3. The van der Waals surface area contributed by atoms with Crippen molar-refractivity contribution < 1.29 is 0 Å². The van der Waals surface area contributed by atoms with E-state index in [1.54, 1.807) is 0 Å². The lowest BCUT2D eigenvalue weighted by atomic mass is 9.71. The smallest absolute Gasteiger partial charge is 0.0693 e. The number of hydrogen-bond donors (Lipinski definition) is 0.